The lowest BCUT2D eigenvalue weighted by atomic mass is 9.95. The van der Waals surface area contributed by atoms with E-state index in [0.29, 0.717) is 38.6 Å². The summed E-state index contributed by atoms with van der Waals surface area (Å²) in [4.78, 5) is 113. The van der Waals surface area contributed by atoms with Crippen LogP contribution in [0.15, 0.2) is 30.3 Å². The molecule has 1 aliphatic heterocycles. The summed E-state index contributed by atoms with van der Waals surface area (Å²) in [6, 6.07) is -0.0549. The fourth-order valence-corrected chi connectivity index (χ4v) is 7.36. The number of nitrogens with one attached hydrogen (secondary N) is 8. The molecule has 1 heterocycles. The molecule has 1 saturated heterocycles. The minimum Gasteiger partial charge on any atom is -0.343 e. The molecule has 0 spiro atoms. The fourth-order valence-electron chi connectivity index (χ4n) is 7.36. The summed E-state index contributed by atoms with van der Waals surface area (Å²) >= 11 is 0. The quantitative estimate of drug-likeness (QED) is 0.117. The van der Waals surface area contributed by atoms with E-state index in [1.807, 2.05) is 40.7 Å². The Bertz CT molecular complexity index is 1710. The number of amides is 8. The van der Waals surface area contributed by atoms with Gasteiger partial charge >= 0.3 is 0 Å². The summed E-state index contributed by atoms with van der Waals surface area (Å²) in [6.07, 6.45) is 2.87. The van der Waals surface area contributed by atoms with Gasteiger partial charge in [-0.1, -0.05) is 119 Å². The van der Waals surface area contributed by atoms with Crippen molar-refractivity contribution in [1.82, 2.24) is 42.5 Å². The van der Waals surface area contributed by atoms with Crippen LogP contribution in [0.2, 0.25) is 0 Å². The molecule has 1 aromatic rings. The molecule has 0 saturated carbocycles. The highest BCUT2D eigenvalue weighted by Gasteiger charge is 2.38. The fraction of sp³-hybridized carbons (Fsp3) is 0.702. The third kappa shape index (κ3) is 17.1. The minimum absolute atomic E-state index is 0.0489. The molecule has 0 aliphatic carbocycles. The van der Waals surface area contributed by atoms with E-state index in [1.165, 1.54) is 6.92 Å². The van der Waals surface area contributed by atoms with Crippen LogP contribution in [-0.2, 0) is 44.8 Å². The Morgan fingerprint density at radius 3 is 1.38 bits per heavy atom. The molecule has 360 valence electrons. The standard InChI is InChI=1S/C47H79N9O8/c1-12-28(8)37-45(62)49-31(11)40(57)54-38(29(9)13-2)46(63)52-34(24-26(4)5)42(59)51-35(25-32-20-16-15-17-21-32)43(60)56-39(30(10)14-3)47(64)53-36(27(6)7)44(61)50-33(41(58)55-37)22-18-19-23-48/h15-17,20-21,26-31,33-39H,12-14,18-19,22-25,48H2,1-11H3,(H,49,62)(H,50,61)(H,51,59)(H,52,63)(H,53,64)(H,54,57)(H,55,58)(H,56,60)/t28-,29-,30-,31+,33+,34+,35+,36-,37-,38-,39-/m0/s1. The minimum atomic E-state index is -1.20. The van der Waals surface area contributed by atoms with Gasteiger partial charge in [-0.3, -0.25) is 38.4 Å². The highest BCUT2D eigenvalue weighted by molar-refractivity contribution is 5.99. The SMILES string of the molecule is CC[C@H](C)[C@@H]1NC(=O)[C@@H](C)NC(=O)[C@H]([C@@H](C)CC)NC(=O)[C@@H](CCCCN)NC(=O)[C@H](C(C)C)NC(=O)[C@H]([C@@H](C)CC)NC(=O)[C@@H](Cc2ccccc2)NC(=O)[C@@H](CC(C)C)NC1=O. The zero-order valence-electron chi connectivity index (χ0n) is 40.1. The molecule has 1 aliphatic rings. The van der Waals surface area contributed by atoms with Crippen LogP contribution < -0.4 is 48.3 Å². The highest BCUT2D eigenvalue weighted by Crippen LogP contribution is 2.16. The number of benzene rings is 1. The number of unbranched alkanes of at least 4 members (excludes halogenated alkanes) is 1. The lowest BCUT2D eigenvalue weighted by Gasteiger charge is -2.32. The lowest BCUT2D eigenvalue weighted by Crippen LogP contribution is -2.63. The Morgan fingerprint density at radius 2 is 0.891 bits per heavy atom. The average molecular weight is 898 g/mol. The van der Waals surface area contributed by atoms with E-state index in [2.05, 4.69) is 42.5 Å². The largest absolute Gasteiger partial charge is 0.343 e. The predicted molar refractivity (Wildman–Crippen MR) is 247 cm³/mol. The van der Waals surface area contributed by atoms with E-state index >= 15 is 0 Å². The number of carbonyl (C=O) groups is 8. The molecule has 0 aromatic heterocycles. The molecular weight excluding hydrogens is 819 g/mol. The first-order valence-electron chi connectivity index (χ1n) is 23.4. The molecule has 17 heteroatoms. The summed E-state index contributed by atoms with van der Waals surface area (Å²) < 4.78 is 0. The zero-order valence-corrected chi connectivity index (χ0v) is 40.1. The van der Waals surface area contributed by atoms with E-state index < -0.39 is 119 Å². The summed E-state index contributed by atoms with van der Waals surface area (Å²) in [5.74, 6) is -6.89. The van der Waals surface area contributed by atoms with Gasteiger partial charge in [-0.25, -0.2) is 0 Å². The maximum atomic E-state index is 14.4. The summed E-state index contributed by atoms with van der Waals surface area (Å²) in [5, 5.41) is 22.5. The number of nitrogens with two attached hydrogens (primary N) is 1. The summed E-state index contributed by atoms with van der Waals surface area (Å²) in [7, 11) is 0. The zero-order chi connectivity index (χ0) is 48.3. The van der Waals surface area contributed by atoms with Crippen LogP contribution in [0.4, 0.5) is 0 Å². The number of hydrogen-bond acceptors (Lipinski definition) is 9. The normalized spacial score (nSPS) is 26.8. The first-order valence-corrected chi connectivity index (χ1v) is 23.4. The molecule has 0 bridgehead atoms. The molecular formula is C47H79N9O8. The number of carbonyl (C=O) groups excluding carboxylic acids is 8. The topological polar surface area (TPSA) is 259 Å². The molecule has 11 atom stereocenters. The monoisotopic (exact) mass is 898 g/mol. The van der Waals surface area contributed by atoms with Gasteiger partial charge in [0, 0.05) is 6.42 Å². The van der Waals surface area contributed by atoms with Crippen LogP contribution in [0.5, 0.6) is 0 Å². The first kappa shape index (κ1) is 55.1. The first-order chi connectivity index (χ1) is 30.2. The van der Waals surface area contributed by atoms with Crippen molar-refractivity contribution < 1.29 is 38.4 Å². The highest BCUT2D eigenvalue weighted by atomic mass is 16.2. The van der Waals surface area contributed by atoms with Crippen LogP contribution in [0.1, 0.15) is 127 Å². The van der Waals surface area contributed by atoms with Gasteiger partial charge < -0.3 is 48.3 Å². The van der Waals surface area contributed by atoms with Gasteiger partial charge in [0.15, 0.2) is 0 Å². The molecule has 0 unspecified atom stereocenters. The van der Waals surface area contributed by atoms with Crippen molar-refractivity contribution in [3.8, 4) is 0 Å². The van der Waals surface area contributed by atoms with E-state index in [9.17, 15) is 38.4 Å². The van der Waals surface area contributed by atoms with Crippen LogP contribution in [0.25, 0.3) is 0 Å². The van der Waals surface area contributed by atoms with Gasteiger partial charge in [0.05, 0.1) is 0 Å². The Hall–Kier alpha value is -5.06. The second-order valence-corrected chi connectivity index (χ2v) is 18.4. The molecule has 10 N–H and O–H groups in total. The number of rotatable bonds is 15. The van der Waals surface area contributed by atoms with Gasteiger partial charge in [-0.05, 0) is 74.3 Å². The summed E-state index contributed by atoms with van der Waals surface area (Å²) in [6.45, 7) is 20.0. The van der Waals surface area contributed by atoms with Crippen LogP contribution in [0, 0.1) is 29.6 Å². The average Bonchev–Trinajstić information content (AvgIpc) is 3.25. The van der Waals surface area contributed by atoms with Crippen LogP contribution in [0.3, 0.4) is 0 Å². The van der Waals surface area contributed by atoms with E-state index in [4.69, 9.17) is 5.73 Å². The second kappa shape index (κ2) is 27.3. The molecule has 17 nitrogen and oxygen atoms in total. The molecule has 8 amide bonds. The molecule has 1 aromatic carbocycles. The van der Waals surface area contributed by atoms with Gasteiger partial charge in [0.2, 0.25) is 47.3 Å². The Balaban J connectivity index is 2.78. The molecule has 2 rings (SSSR count). The Morgan fingerprint density at radius 1 is 0.484 bits per heavy atom. The third-order valence-electron chi connectivity index (χ3n) is 12.2. The van der Waals surface area contributed by atoms with Crippen molar-refractivity contribution in [3.05, 3.63) is 35.9 Å². The Kier molecular flexibility index (Phi) is 23.5. The van der Waals surface area contributed by atoms with Crippen LogP contribution in [-0.4, -0.2) is 102 Å². The van der Waals surface area contributed by atoms with Crippen molar-refractivity contribution in [2.75, 3.05) is 6.54 Å². The van der Waals surface area contributed by atoms with Gasteiger partial charge in [0.1, 0.15) is 48.3 Å². The van der Waals surface area contributed by atoms with E-state index in [0.717, 1.165) is 5.56 Å². The van der Waals surface area contributed by atoms with Crippen molar-refractivity contribution in [2.24, 2.45) is 35.3 Å². The van der Waals surface area contributed by atoms with Crippen molar-refractivity contribution in [3.63, 3.8) is 0 Å². The van der Waals surface area contributed by atoms with E-state index in [-0.39, 0.29) is 25.2 Å². The molecule has 64 heavy (non-hydrogen) atoms. The second-order valence-electron chi connectivity index (χ2n) is 18.4. The molecule has 1 fully saturated rings. The Labute approximate surface area is 380 Å². The summed E-state index contributed by atoms with van der Waals surface area (Å²) in [5.41, 5.74) is 6.49. The maximum Gasteiger partial charge on any atom is 0.243 e. The number of hydrogen-bond donors (Lipinski definition) is 9. The molecule has 0 radical (unpaired) electrons. The van der Waals surface area contributed by atoms with Gasteiger partial charge in [0.25, 0.3) is 0 Å². The van der Waals surface area contributed by atoms with Crippen LogP contribution >= 0.6 is 0 Å². The third-order valence-corrected chi connectivity index (χ3v) is 12.2. The van der Waals surface area contributed by atoms with Crippen molar-refractivity contribution >= 4 is 47.3 Å². The van der Waals surface area contributed by atoms with E-state index in [1.54, 1.807) is 58.9 Å². The van der Waals surface area contributed by atoms with Gasteiger partial charge in [-0.15, -0.1) is 0 Å². The van der Waals surface area contributed by atoms with Gasteiger partial charge in [-0.2, -0.15) is 0 Å². The maximum absolute atomic E-state index is 14.4. The lowest BCUT2D eigenvalue weighted by molar-refractivity contribution is -0.138. The smallest absolute Gasteiger partial charge is 0.243 e. The predicted octanol–water partition coefficient (Wildman–Crippen LogP) is 2.11. The van der Waals surface area contributed by atoms with Crippen molar-refractivity contribution in [1.29, 1.82) is 0 Å². The van der Waals surface area contributed by atoms with Crippen molar-refractivity contribution in [2.45, 2.75) is 176 Å².